The lowest BCUT2D eigenvalue weighted by molar-refractivity contribution is 0.120. The molecule has 2 aliphatic rings. The van der Waals surface area contributed by atoms with Crippen LogP contribution in [0.1, 0.15) is 46.5 Å². The molecule has 1 unspecified atom stereocenters. The highest BCUT2D eigenvalue weighted by Crippen LogP contribution is 2.21. The Kier molecular flexibility index (Phi) is 6.11. The number of nitrogens with one attached hydrogen (secondary N) is 1. The van der Waals surface area contributed by atoms with E-state index >= 15 is 0 Å². The van der Waals surface area contributed by atoms with Crippen LogP contribution in [-0.2, 0) is 0 Å². The van der Waals surface area contributed by atoms with Crippen molar-refractivity contribution in [3.05, 3.63) is 0 Å². The molecule has 0 aromatic carbocycles. The van der Waals surface area contributed by atoms with Crippen LogP contribution in [-0.4, -0.2) is 61.2 Å². The first-order chi connectivity index (χ1) is 9.15. The van der Waals surface area contributed by atoms with Gasteiger partial charge >= 0.3 is 0 Å². The molecule has 0 radical (unpaired) electrons. The number of likely N-dealkylation sites (tertiary alicyclic amines) is 2. The predicted octanol–water partition coefficient (Wildman–Crippen LogP) is 2.18. The maximum Gasteiger partial charge on any atom is 0.0192 e. The highest BCUT2D eigenvalue weighted by molar-refractivity contribution is 4.80. The molecule has 2 aliphatic heterocycles. The third-order valence-corrected chi connectivity index (χ3v) is 4.81. The topological polar surface area (TPSA) is 18.5 Å². The zero-order chi connectivity index (χ0) is 13.7. The fraction of sp³-hybridized carbons (Fsp3) is 1.00. The maximum atomic E-state index is 3.56. The lowest BCUT2D eigenvalue weighted by Gasteiger charge is -2.37. The Morgan fingerprint density at radius 3 is 2.21 bits per heavy atom. The molecular formula is C16H33N3. The third kappa shape index (κ3) is 5.05. The molecule has 0 saturated carbocycles. The number of rotatable bonds is 6. The summed E-state index contributed by atoms with van der Waals surface area (Å²) in [7, 11) is 0. The van der Waals surface area contributed by atoms with E-state index in [0.717, 1.165) is 12.5 Å². The van der Waals surface area contributed by atoms with Gasteiger partial charge in [-0.05, 0) is 64.7 Å². The minimum absolute atomic E-state index is 0.607. The van der Waals surface area contributed by atoms with E-state index in [4.69, 9.17) is 0 Å². The molecule has 3 nitrogen and oxygen atoms in total. The number of hydrogen-bond acceptors (Lipinski definition) is 3. The van der Waals surface area contributed by atoms with Gasteiger partial charge < -0.3 is 10.2 Å². The summed E-state index contributed by atoms with van der Waals surface area (Å²) >= 11 is 0. The van der Waals surface area contributed by atoms with Gasteiger partial charge in [-0.1, -0.05) is 13.8 Å². The van der Waals surface area contributed by atoms with Crippen LogP contribution in [0.4, 0.5) is 0 Å². The van der Waals surface area contributed by atoms with E-state index in [2.05, 4.69) is 35.9 Å². The molecule has 0 spiro atoms. The van der Waals surface area contributed by atoms with Gasteiger partial charge in [0.1, 0.15) is 0 Å². The zero-order valence-corrected chi connectivity index (χ0v) is 13.2. The summed E-state index contributed by atoms with van der Waals surface area (Å²) in [5.41, 5.74) is 0. The first-order valence-corrected chi connectivity index (χ1v) is 8.35. The zero-order valence-electron chi connectivity index (χ0n) is 13.2. The summed E-state index contributed by atoms with van der Waals surface area (Å²) in [6.07, 6.45) is 5.67. The Bertz CT molecular complexity index is 240. The first kappa shape index (κ1) is 15.3. The van der Waals surface area contributed by atoms with Crippen LogP contribution >= 0.6 is 0 Å². The summed E-state index contributed by atoms with van der Waals surface area (Å²) in [4.78, 5) is 5.36. The van der Waals surface area contributed by atoms with Crippen LogP contribution in [0, 0.1) is 5.92 Å². The molecule has 0 aliphatic carbocycles. The molecule has 1 N–H and O–H groups in total. The van der Waals surface area contributed by atoms with Crippen molar-refractivity contribution in [2.24, 2.45) is 5.92 Å². The number of hydrogen-bond donors (Lipinski definition) is 1. The Morgan fingerprint density at radius 1 is 1.00 bits per heavy atom. The molecule has 19 heavy (non-hydrogen) atoms. The van der Waals surface area contributed by atoms with E-state index < -0.39 is 0 Å². The van der Waals surface area contributed by atoms with Crippen molar-refractivity contribution in [3.8, 4) is 0 Å². The minimum atomic E-state index is 0.607. The van der Waals surface area contributed by atoms with Crippen molar-refractivity contribution in [3.63, 3.8) is 0 Å². The van der Waals surface area contributed by atoms with Gasteiger partial charge in [-0.15, -0.1) is 0 Å². The van der Waals surface area contributed by atoms with Gasteiger partial charge in [0.25, 0.3) is 0 Å². The molecule has 0 bridgehead atoms. The summed E-state index contributed by atoms with van der Waals surface area (Å²) in [6, 6.07) is 1.30. The third-order valence-electron chi connectivity index (χ3n) is 4.81. The van der Waals surface area contributed by atoms with E-state index in [1.807, 2.05) is 0 Å². The van der Waals surface area contributed by atoms with E-state index in [1.54, 1.807) is 0 Å². The average molecular weight is 267 g/mol. The lowest BCUT2D eigenvalue weighted by atomic mass is 9.95. The van der Waals surface area contributed by atoms with Crippen molar-refractivity contribution >= 4 is 0 Å². The second kappa shape index (κ2) is 7.61. The van der Waals surface area contributed by atoms with Gasteiger partial charge in [0.05, 0.1) is 0 Å². The number of piperidine rings is 1. The molecule has 2 rings (SSSR count). The predicted molar refractivity (Wildman–Crippen MR) is 82.6 cm³/mol. The normalized spacial score (nSPS) is 25.3. The summed E-state index contributed by atoms with van der Waals surface area (Å²) in [6.45, 7) is 14.7. The fourth-order valence-electron chi connectivity index (χ4n) is 3.44. The second-order valence-electron chi connectivity index (χ2n) is 6.90. The van der Waals surface area contributed by atoms with E-state index in [1.165, 1.54) is 58.4 Å². The van der Waals surface area contributed by atoms with Crippen LogP contribution in [0.5, 0.6) is 0 Å². The highest BCUT2D eigenvalue weighted by atomic mass is 15.2. The molecule has 2 fully saturated rings. The lowest BCUT2D eigenvalue weighted by Crippen LogP contribution is -2.47. The molecule has 0 aromatic rings. The van der Waals surface area contributed by atoms with Crippen LogP contribution in [0.2, 0.25) is 0 Å². The van der Waals surface area contributed by atoms with Gasteiger partial charge in [-0.2, -0.15) is 0 Å². The largest absolute Gasteiger partial charge is 0.313 e. The second-order valence-corrected chi connectivity index (χ2v) is 6.90. The molecule has 3 heteroatoms. The fourth-order valence-corrected chi connectivity index (χ4v) is 3.44. The Hall–Kier alpha value is -0.120. The van der Waals surface area contributed by atoms with E-state index in [-0.39, 0.29) is 0 Å². The Balaban J connectivity index is 1.63. The van der Waals surface area contributed by atoms with Crippen LogP contribution < -0.4 is 5.32 Å². The van der Waals surface area contributed by atoms with E-state index in [0.29, 0.717) is 12.1 Å². The average Bonchev–Trinajstić information content (AvgIpc) is 2.89. The van der Waals surface area contributed by atoms with E-state index in [9.17, 15) is 0 Å². The molecule has 0 aromatic heterocycles. The van der Waals surface area contributed by atoms with Gasteiger partial charge in [0, 0.05) is 25.2 Å². The summed E-state index contributed by atoms with van der Waals surface area (Å²) in [5.74, 6) is 0.958. The van der Waals surface area contributed by atoms with Crippen molar-refractivity contribution in [1.29, 1.82) is 0 Å². The molecule has 112 valence electrons. The minimum Gasteiger partial charge on any atom is -0.313 e. The van der Waals surface area contributed by atoms with Crippen LogP contribution in [0.3, 0.4) is 0 Å². The Morgan fingerprint density at radius 2 is 1.63 bits per heavy atom. The molecule has 1 atom stereocenters. The number of nitrogens with zero attached hydrogens (tertiary/aromatic N) is 2. The first-order valence-electron chi connectivity index (χ1n) is 8.35. The summed E-state index contributed by atoms with van der Waals surface area (Å²) in [5, 5.41) is 3.56. The van der Waals surface area contributed by atoms with Crippen LogP contribution in [0.15, 0.2) is 0 Å². The van der Waals surface area contributed by atoms with Gasteiger partial charge in [0.15, 0.2) is 0 Å². The highest BCUT2D eigenvalue weighted by Gasteiger charge is 2.24. The smallest absolute Gasteiger partial charge is 0.0192 e. The standard InChI is InChI=1S/C16H33N3/c1-14(2)17-12-15(3)19-10-6-16(7-11-19)13-18-8-4-5-9-18/h14-17H,4-13H2,1-3H3. The summed E-state index contributed by atoms with van der Waals surface area (Å²) < 4.78 is 0. The molecule has 2 heterocycles. The van der Waals surface area contributed by atoms with Crippen molar-refractivity contribution < 1.29 is 0 Å². The van der Waals surface area contributed by atoms with Crippen molar-refractivity contribution in [2.45, 2.75) is 58.5 Å². The Labute approximate surface area is 119 Å². The molecular weight excluding hydrogens is 234 g/mol. The monoisotopic (exact) mass is 267 g/mol. The molecule has 0 amide bonds. The molecule has 2 saturated heterocycles. The van der Waals surface area contributed by atoms with Gasteiger partial charge in [-0.25, -0.2) is 0 Å². The van der Waals surface area contributed by atoms with Gasteiger partial charge in [0.2, 0.25) is 0 Å². The van der Waals surface area contributed by atoms with Gasteiger partial charge in [-0.3, -0.25) is 4.90 Å². The maximum absolute atomic E-state index is 3.56. The quantitative estimate of drug-likeness (QED) is 0.796. The SMILES string of the molecule is CC(C)NCC(C)N1CCC(CN2CCCC2)CC1. The van der Waals surface area contributed by atoms with Crippen molar-refractivity contribution in [1.82, 2.24) is 15.1 Å². The van der Waals surface area contributed by atoms with Crippen LogP contribution in [0.25, 0.3) is 0 Å². The van der Waals surface area contributed by atoms with Crippen molar-refractivity contribution in [2.75, 3.05) is 39.3 Å².